The first-order chi connectivity index (χ1) is 9.76. The van der Waals surface area contributed by atoms with Gasteiger partial charge in [-0.1, -0.05) is 23.9 Å². The minimum absolute atomic E-state index is 0. The van der Waals surface area contributed by atoms with Crippen molar-refractivity contribution in [2.45, 2.75) is 23.2 Å². The maximum Gasteiger partial charge on any atom is 0.230 e. The molecular formula is C14H18ClN3OS2. The molecule has 1 fully saturated rings. The van der Waals surface area contributed by atoms with Crippen LogP contribution in [0.1, 0.15) is 12.8 Å². The summed E-state index contributed by atoms with van der Waals surface area (Å²) in [6.45, 7) is 0.530. The van der Waals surface area contributed by atoms with Gasteiger partial charge in [-0.25, -0.2) is 4.98 Å². The molecule has 0 saturated heterocycles. The Morgan fingerprint density at radius 2 is 2.24 bits per heavy atom. The van der Waals surface area contributed by atoms with Crippen molar-refractivity contribution >= 4 is 51.6 Å². The summed E-state index contributed by atoms with van der Waals surface area (Å²) in [6, 6.07) is 8.18. The number of aromatic nitrogens is 1. The minimum Gasteiger partial charge on any atom is -0.351 e. The van der Waals surface area contributed by atoms with Crippen molar-refractivity contribution in [1.82, 2.24) is 10.3 Å². The molecule has 4 nitrogen and oxygen atoms in total. The Balaban J connectivity index is 0.00000161. The van der Waals surface area contributed by atoms with E-state index >= 15 is 0 Å². The second-order valence-corrected chi connectivity index (χ2v) is 7.24. The Bertz CT molecular complexity index is 582. The third-order valence-electron chi connectivity index (χ3n) is 3.39. The molecule has 1 amide bonds. The van der Waals surface area contributed by atoms with Gasteiger partial charge in [0.1, 0.15) is 0 Å². The Morgan fingerprint density at radius 3 is 2.90 bits per heavy atom. The highest BCUT2D eigenvalue weighted by atomic mass is 35.5. The van der Waals surface area contributed by atoms with Crippen LogP contribution in [-0.2, 0) is 4.79 Å². The van der Waals surface area contributed by atoms with Crippen molar-refractivity contribution in [3.63, 3.8) is 0 Å². The first-order valence-electron chi connectivity index (χ1n) is 6.74. The highest BCUT2D eigenvalue weighted by Crippen LogP contribution is 2.32. The Kier molecular flexibility index (Phi) is 5.87. The summed E-state index contributed by atoms with van der Waals surface area (Å²) in [5, 5.41) is 3.02. The van der Waals surface area contributed by atoms with E-state index in [0.29, 0.717) is 18.2 Å². The monoisotopic (exact) mass is 343 g/mol. The molecular weight excluding hydrogens is 326 g/mol. The van der Waals surface area contributed by atoms with Crippen molar-refractivity contribution in [3.8, 4) is 0 Å². The van der Waals surface area contributed by atoms with Crippen LogP contribution in [0.25, 0.3) is 10.2 Å². The van der Waals surface area contributed by atoms with Crippen LogP contribution in [0.5, 0.6) is 0 Å². The molecule has 1 heterocycles. The van der Waals surface area contributed by atoms with E-state index in [1.807, 2.05) is 18.2 Å². The summed E-state index contributed by atoms with van der Waals surface area (Å²) < 4.78 is 2.10. The first-order valence-corrected chi connectivity index (χ1v) is 8.54. The van der Waals surface area contributed by atoms with Crippen LogP contribution in [-0.4, -0.2) is 29.2 Å². The molecule has 1 aromatic carbocycles. The van der Waals surface area contributed by atoms with E-state index in [1.165, 1.54) is 24.6 Å². The molecule has 0 aliphatic heterocycles. The number of hydrogen-bond donors (Lipinski definition) is 2. The first kappa shape index (κ1) is 16.5. The minimum atomic E-state index is 0. The number of thiazole rings is 1. The maximum absolute atomic E-state index is 11.9. The van der Waals surface area contributed by atoms with E-state index in [0.717, 1.165) is 14.6 Å². The second-order valence-electron chi connectivity index (χ2n) is 4.98. The molecule has 0 radical (unpaired) electrons. The Labute approximate surface area is 138 Å². The molecule has 1 aliphatic carbocycles. The second kappa shape index (κ2) is 7.45. The van der Waals surface area contributed by atoms with Crippen LogP contribution in [0.4, 0.5) is 0 Å². The topological polar surface area (TPSA) is 68.0 Å². The van der Waals surface area contributed by atoms with Crippen LogP contribution in [0.15, 0.2) is 28.6 Å². The molecule has 1 saturated carbocycles. The fourth-order valence-electron chi connectivity index (χ4n) is 2.16. The molecule has 21 heavy (non-hydrogen) atoms. The molecule has 3 N–H and O–H groups in total. The number of nitrogens with zero attached hydrogens (tertiary/aromatic N) is 1. The molecule has 0 spiro atoms. The van der Waals surface area contributed by atoms with Gasteiger partial charge in [-0.3, -0.25) is 4.79 Å². The predicted octanol–water partition coefficient (Wildman–Crippen LogP) is 2.66. The number of hydrogen-bond acceptors (Lipinski definition) is 5. The zero-order valence-electron chi connectivity index (χ0n) is 11.5. The van der Waals surface area contributed by atoms with Gasteiger partial charge in [0, 0.05) is 12.6 Å². The van der Waals surface area contributed by atoms with E-state index in [4.69, 9.17) is 5.73 Å². The fraction of sp³-hybridized carbons (Fsp3) is 0.429. The predicted molar refractivity (Wildman–Crippen MR) is 91.3 cm³/mol. The van der Waals surface area contributed by atoms with Crippen LogP contribution in [0.3, 0.4) is 0 Å². The lowest BCUT2D eigenvalue weighted by Crippen LogP contribution is -2.42. The van der Waals surface area contributed by atoms with Gasteiger partial charge in [0.2, 0.25) is 5.91 Å². The summed E-state index contributed by atoms with van der Waals surface area (Å²) >= 11 is 3.12. The zero-order chi connectivity index (χ0) is 13.9. The number of carbonyl (C=O) groups excluding carboxylic acids is 1. The zero-order valence-corrected chi connectivity index (χ0v) is 13.9. The number of amides is 1. The van der Waals surface area contributed by atoms with Crippen LogP contribution in [0, 0.1) is 5.92 Å². The van der Waals surface area contributed by atoms with Crippen molar-refractivity contribution in [2.24, 2.45) is 11.7 Å². The van der Waals surface area contributed by atoms with Crippen molar-refractivity contribution in [1.29, 1.82) is 0 Å². The van der Waals surface area contributed by atoms with Gasteiger partial charge in [0.15, 0.2) is 4.34 Å². The summed E-state index contributed by atoms with van der Waals surface area (Å²) in [5.74, 6) is 1.05. The lowest BCUT2D eigenvalue weighted by molar-refractivity contribution is -0.119. The fourth-order valence-corrected chi connectivity index (χ4v) is 4.04. The maximum atomic E-state index is 11.9. The highest BCUT2D eigenvalue weighted by molar-refractivity contribution is 8.01. The van der Waals surface area contributed by atoms with Crippen LogP contribution < -0.4 is 11.1 Å². The van der Waals surface area contributed by atoms with Crippen molar-refractivity contribution < 1.29 is 4.79 Å². The van der Waals surface area contributed by atoms with Gasteiger partial charge in [-0.15, -0.1) is 23.7 Å². The number of rotatable bonds is 6. The molecule has 0 bridgehead atoms. The smallest absolute Gasteiger partial charge is 0.230 e. The standard InChI is InChI=1S/C14H17N3OS2.ClH/c15-7-11(9-5-6-9)16-13(18)8-19-14-17-10-3-1-2-4-12(10)20-14;/h1-4,9,11H,5-8,15H2,(H,16,18);1H. The molecule has 1 atom stereocenters. The number of nitrogens with two attached hydrogens (primary N) is 1. The van der Waals surface area contributed by atoms with Crippen molar-refractivity contribution in [3.05, 3.63) is 24.3 Å². The quantitative estimate of drug-likeness (QED) is 0.791. The molecule has 2 aromatic rings. The average Bonchev–Trinajstić information content (AvgIpc) is 3.21. The third kappa shape index (κ3) is 4.32. The Morgan fingerprint density at radius 1 is 1.48 bits per heavy atom. The molecule has 1 aliphatic rings. The van der Waals surface area contributed by atoms with E-state index < -0.39 is 0 Å². The van der Waals surface area contributed by atoms with Gasteiger partial charge in [-0.2, -0.15) is 0 Å². The van der Waals surface area contributed by atoms with Crippen molar-refractivity contribution in [2.75, 3.05) is 12.3 Å². The number of carbonyl (C=O) groups is 1. The van der Waals surface area contributed by atoms with E-state index in [-0.39, 0.29) is 24.4 Å². The number of benzene rings is 1. The SMILES string of the molecule is Cl.NCC(NC(=O)CSc1nc2ccccc2s1)C1CC1. The third-order valence-corrected chi connectivity index (χ3v) is 5.57. The lowest BCUT2D eigenvalue weighted by atomic mass is 10.2. The van der Waals surface area contributed by atoms with E-state index in [2.05, 4.69) is 16.4 Å². The molecule has 114 valence electrons. The molecule has 1 aromatic heterocycles. The summed E-state index contributed by atoms with van der Waals surface area (Å²) in [5.41, 5.74) is 6.69. The molecule has 3 rings (SSSR count). The Hall–Kier alpha value is -0.820. The largest absolute Gasteiger partial charge is 0.351 e. The summed E-state index contributed by atoms with van der Waals surface area (Å²) in [7, 11) is 0. The number of nitrogens with one attached hydrogen (secondary N) is 1. The van der Waals surface area contributed by atoms with Crippen LogP contribution >= 0.6 is 35.5 Å². The van der Waals surface area contributed by atoms with Gasteiger partial charge in [-0.05, 0) is 30.9 Å². The lowest BCUT2D eigenvalue weighted by Gasteiger charge is -2.15. The van der Waals surface area contributed by atoms with Gasteiger partial charge < -0.3 is 11.1 Å². The van der Waals surface area contributed by atoms with Gasteiger partial charge in [0.05, 0.1) is 16.0 Å². The van der Waals surface area contributed by atoms with E-state index in [1.54, 1.807) is 11.3 Å². The normalized spacial score (nSPS) is 15.5. The summed E-state index contributed by atoms with van der Waals surface area (Å²) in [6.07, 6.45) is 2.38. The average molecular weight is 344 g/mol. The number of para-hydroxylation sites is 1. The van der Waals surface area contributed by atoms with Gasteiger partial charge >= 0.3 is 0 Å². The highest BCUT2D eigenvalue weighted by Gasteiger charge is 2.31. The van der Waals surface area contributed by atoms with Gasteiger partial charge in [0.25, 0.3) is 0 Å². The van der Waals surface area contributed by atoms with E-state index in [9.17, 15) is 4.79 Å². The summed E-state index contributed by atoms with van der Waals surface area (Å²) in [4.78, 5) is 16.4. The van der Waals surface area contributed by atoms with Crippen LogP contribution in [0.2, 0.25) is 0 Å². The number of halogens is 1. The molecule has 7 heteroatoms. The molecule has 1 unspecified atom stereocenters. The number of fused-ring (bicyclic) bond motifs is 1. The number of thioether (sulfide) groups is 1.